The molecule has 0 heterocycles. The zero-order valence-electron chi connectivity index (χ0n) is 7.09. The molecule has 0 rings (SSSR count). The predicted octanol–water partition coefficient (Wildman–Crippen LogP) is -0.577. The van der Waals surface area contributed by atoms with Crippen molar-refractivity contribution in [2.24, 2.45) is 5.73 Å². The number of ether oxygens (including phenoxy) is 3. The fourth-order valence-corrected chi connectivity index (χ4v) is 1.02. The summed E-state index contributed by atoms with van der Waals surface area (Å²) in [4.78, 5) is 0. The van der Waals surface area contributed by atoms with Crippen LogP contribution in [0, 0.1) is 0 Å². The van der Waals surface area contributed by atoms with E-state index in [2.05, 4.69) is 10.2 Å². The van der Waals surface area contributed by atoms with Crippen molar-refractivity contribution in [3.63, 3.8) is 0 Å². The lowest BCUT2D eigenvalue weighted by Gasteiger charge is -2.29. The van der Waals surface area contributed by atoms with Gasteiger partial charge in [-0.25, -0.2) is 0 Å². The van der Waals surface area contributed by atoms with Crippen LogP contribution in [0.25, 0.3) is 0 Å². The van der Waals surface area contributed by atoms with Crippen LogP contribution in [0.15, 0.2) is 0 Å². The maximum Gasteiger partial charge on any atom is 0.283 e. The number of nitrogens with two attached hydrogens (primary N) is 1. The Kier molecular flexibility index (Phi) is 4.86. The Morgan fingerprint density at radius 3 is 1.73 bits per heavy atom. The van der Waals surface area contributed by atoms with Crippen molar-refractivity contribution in [3.05, 3.63) is 0 Å². The van der Waals surface area contributed by atoms with E-state index in [9.17, 15) is 0 Å². The minimum absolute atomic E-state index is 0.213. The summed E-state index contributed by atoms with van der Waals surface area (Å²) in [7, 11) is 7.72. The molecule has 0 fully saturated rings. The van der Waals surface area contributed by atoms with Crippen LogP contribution in [0.2, 0.25) is 0 Å². The lowest BCUT2D eigenvalue weighted by molar-refractivity contribution is -0.354. The average molecular weight is 176 g/mol. The maximum absolute atomic E-state index is 5.48. The lowest BCUT2D eigenvalue weighted by atomic mass is 10.3. The monoisotopic (exact) mass is 176 g/mol. The molecule has 1 atom stereocenters. The van der Waals surface area contributed by atoms with Crippen molar-refractivity contribution >= 4 is 10.2 Å². The molecule has 3 radical (unpaired) electrons. The lowest BCUT2D eigenvalue weighted by Crippen LogP contribution is -2.42. The Morgan fingerprint density at radius 2 is 1.64 bits per heavy atom. The Morgan fingerprint density at radius 1 is 1.27 bits per heavy atom. The molecule has 0 aliphatic heterocycles. The van der Waals surface area contributed by atoms with Crippen molar-refractivity contribution in [2.75, 3.05) is 21.3 Å². The van der Waals surface area contributed by atoms with Crippen molar-refractivity contribution < 1.29 is 14.2 Å². The van der Waals surface area contributed by atoms with Gasteiger partial charge in [0.05, 0.1) is 0 Å². The highest BCUT2D eigenvalue weighted by atomic mass is 28.1. The van der Waals surface area contributed by atoms with Gasteiger partial charge in [0.2, 0.25) is 0 Å². The fourth-order valence-electron chi connectivity index (χ4n) is 0.769. The third kappa shape index (κ3) is 3.30. The molecule has 1 unspecified atom stereocenters. The fraction of sp³-hybridized carbons (Fsp3) is 1.00. The second-order valence-electron chi connectivity index (χ2n) is 2.11. The molecule has 0 bridgehead atoms. The van der Waals surface area contributed by atoms with Gasteiger partial charge in [0.1, 0.15) is 0 Å². The van der Waals surface area contributed by atoms with E-state index in [-0.39, 0.29) is 5.67 Å². The largest absolute Gasteiger partial charge is 0.331 e. The van der Waals surface area contributed by atoms with E-state index >= 15 is 0 Å². The second kappa shape index (κ2) is 4.84. The van der Waals surface area contributed by atoms with Crippen LogP contribution in [0.4, 0.5) is 0 Å². The van der Waals surface area contributed by atoms with E-state index < -0.39 is 5.97 Å². The molecule has 11 heavy (non-hydrogen) atoms. The quantitative estimate of drug-likeness (QED) is 0.450. The van der Waals surface area contributed by atoms with Gasteiger partial charge in [-0.15, -0.1) is 0 Å². The van der Waals surface area contributed by atoms with Crippen molar-refractivity contribution in [1.29, 1.82) is 0 Å². The number of methoxy groups -OCH3 is 3. The van der Waals surface area contributed by atoms with E-state index in [0.29, 0.717) is 6.42 Å². The SMILES string of the molecule is COC(CC(N)[Si])(OC)OC. The average Bonchev–Trinajstić information content (AvgIpc) is 2.00. The highest BCUT2D eigenvalue weighted by molar-refractivity contribution is 6.11. The number of hydrogen-bond donors (Lipinski definition) is 1. The number of hydrogen-bond acceptors (Lipinski definition) is 4. The summed E-state index contributed by atoms with van der Waals surface area (Å²) in [6.07, 6.45) is 0.424. The smallest absolute Gasteiger partial charge is 0.283 e. The van der Waals surface area contributed by atoms with E-state index in [4.69, 9.17) is 19.9 Å². The van der Waals surface area contributed by atoms with Gasteiger partial charge in [0, 0.05) is 38.0 Å². The summed E-state index contributed by atoms with van der Waals surface area (Å²) in [6, 6.07) is 0. The third-order valence-corrected chi connectivity index (χ3v) is 1.61. The highest BCUT2D eigenvalue weighted by Crippen LogP contribution is 2.17. The van der Waals surface area contributed by atoms with Gasteiger partial charge in [-0.05, 0) is 5.67 Å². The van der Waals surface area contributed by atoms with Crippen LogP contribution < -0.4 is 5.73 Å². The summed E-state index contributed by atoms with van der Waals surface area (Å²) in [5.74, 6) is -1.03. The zero-order chi connectivity index (χ0) is 8.91. The minimum Gasteiger partial charge on any atom is -0.331 e. The summed E-state index contributed by atoms with van der Waals surface area (Å²) in [5.41, 5.74) is 5.27. The topological polar surface area (TPSA) is 53.7 Å². The first-order chi connectivity index (χ1) is 5.10. The Hall–Kier alpha value is 0.0569. The van der Waals surface area contributed by atoms with Gasteiger partial charge in [-0.3, -0.25) is 0 Å². The van der Waals surface area contributed by atoms with Gasteiger partial charge in [-0.2, -0.15) is 0 Å². The van der Waals surface area contributed by atoms with Crippen LogP contribution in [0.5, 0.6) is 0 Å². The first kappa shape index (κ1) is 11.1. The molecule has 2 N–H and O–H groups in total. The van der Waals surface area contributed by atoms with Gasteiger partial charge in [0.15, 0.2) is 0 Å². The van der Waals surface area contributed by atoms with E-state index in [1.54, 1.807) is 0 Å². The van der Waals surface area contributed by atoms with Crippen LogP contribution >= 0.6 is 0 Å². The van der Waals surface area contributed by atoms with Gasteiger partial charge in [-0.1, -0.05) is 0 Å². The zero-order valence-corrected chi connectivity index (χ0v) is 8.09. The van der Waals surface area contributed by atoms with Crippen LogP contribution in [0.1, 0.15) is 6.42 Å². The molecule has 0 aliphatic carbocycles. The molecule has 0 spiro atoms. The summed E-state index contributed by atoms with van der Waals surface area (Å²) < 4.78 is 15.0. The Labute approximate surface area is 70.4 Å². The molecular weight excluding hydrogens is 162 g/mol. The maximum atomic E-state index is 5.48. The van der Waals surface area contributed by atoms with Crippen molar-refractivity contribution in [1.82, 2.24) is 0 Å². The molecule has 0 aromatic heterocycles. The molecule has 0 aromatic carbocycles. The minimum atomic E-state index is -1.03. The molecule has 0 saturated carbocycles. The molecule has 5 heteroatoms. The summed E-state index contributed by atoms with van der Waals surface area (Å²) in [5, 5.41) is 0. The molecule has 4 nitrogen and oxygen atoms in total. The van der Waals surface area contributed by atoms with Gasteiger partial charge in [0.25, 0.3) is 5.97 Å². The van der Waals surface area contributed by atoms with Gasteiger partial charge >= 0.3 is 0 Å². The van der Waals surface area contributed by atoms with Crippen LogP contribution in [0.3, 0.4) is 0 Å². The first-order valence-electron chi connectivity index (χ1n) is 3.22. The third-order valence-electron chi connectivity index (χ3n) is 1.40. The molecule has 0 aromatic rings. The molecule has 0 amide bonds. The molecule has 65 valence electrons. The normalized spacial score (nSPS) is 15.0. The highest BCUT2D eigenvalue weighted by Gasteiger charge is 2.30. The number of rotatable bonds is 5. The Bertz CT molecular complexity index is 97.7. The molecule has 0 aliphatic rings. The van der Waals surface area contributed by atoms with Crippen molar-refractivity contribution in [2.45, 2.75) is 18.1 Å². The van der Waals surface area contributed by atoms with E-state index in [1.807, 2.05) is 0 Å². The Balaban J connectivity index is 4.05. The predicted molar refractivity (Wildman–Crippen MR) is 42.1 cm³/mol. The standard InChI is InChI=1S/C6H14NO3Si/c1-8-6(9-2,10-3)4-5(7)11/h5H,4,7H2,1-3H3. The van der Waals surface area contributed by atoms with E-state index in [0.717, 1.165) is 0 Å². The molecular formula is C6H14NO3Si. The van der Waals surface area contributed by atoms with Crippen LogP contribution in [-0.4, -0.2) is 43.2 Å². The first-order valence-corrected chi connectivity index (χ1v) is 3.80. The van der Waals surface area contributed by atoms with Gasteiger partial charge < -0.3 is 19.9 Å². The molecule has 0 saturated heterocycles. The van der Waals surface area contributed by atoms with E-state index in [1.165, 1.54) is 21.3 Å². The van der Waals surface area contributed by atoms with Crippen LogP contribution in [-0.2, 0) is 14.2 Å². The summed E-state index contributed by atoms with van der Waals surface area (Å²) >= 11 is 0. The summed E-state index contributed by atoms with van der Waals surface area (Å²) in [6.45, 7) is 0. The van der Waals surface area contributed by atoms with Crippen molar-refractivity contribution in [3.8, 4) is 0 Å². The second-order valence-corrected chi connectivity index (χ2v) is 2.85.